The topological polar surface area (TPSA) is 26.5 Å². The molecule has 0 N–H and O–H groups in total. The number of ether oxygens (including phenoxy) is 1. The number of aryl methyl sites for hydroxylation is 1. The van der Waals surface area contributed by atoms with E-state index in [9.17, 15) is 0 Å². The van der Waals surface area contributed by atoms with E-state index in [-0.39, 0.29) is 0 Å². The van der Waals surface area contributed by atoms with Crippen LogP contribution in [-0.2, 0) is 0 Å². The SMILES string of the molecule is COc1ccc(-n2ccc(C=Nc3cccc(C)c3)c2)cc1. The van der Waals surface area contributed by atoms with Gasteiger partial charge in [0.05, 0.1) is 12.8 Å². The lowest BCUT2D eigenvalue weighted by Crippen LogP contribution is -1.90. The van der Waals surface area contributed by atoms with Crippen LogP contribution in [0.1, 0.15) is 11.1 Å². The van der Waals surface area contributed by atoms with Gasteiger partial charge in [0.2, 0.25) is 0 Å². The van der Waals surface area contributed by atoms with E-state index in [4.69, 9.17) is 4.74 Å². The van der Waals surface area contributed by atoms with Crippen LogP contribution in [-0.4, -0.2) is 17.9 Å². The highest BCUT2D eigenvalue weighted by atomic mass is 16.5. The molecule has 3 heteroatoms. The second-order valence-electron chi connectivity index (χ2n) is 5.15. The third kappa shape index (κ3) is 3.26. The Hall–Kier alpha value is -2.81. The Balaban J connectivity index is 1.78. The third-order valence-electron chi connectivity index (χ3n) is 3.45. The van der Waals surface area contributed by atoms with E-state index in [1.165, 1.54) is 5.56 Å². The highest BCUT2D eigenvalue weighted by molar-refractivity contribution is 5.81. The standard InChI is InChI=1S/C19H18N2O/c1-15-4-3-5-17(12-15)20-13-16-10-11-21(14-16)18-6-8-19(22-2)9-7-18/h3-14H,1-2H3. The molecule has 3 nitrogen and oxygen atoms in total. The molecular weight excluding hydrogens is 272 g/mol. The first-order valence-electron chi connectivity index (χ1n) is 7.18. The average Bonchev–Trinajstić information content (AvgIpc) is 3.02. The van der Waals surface area contributed by atoms with Crippen LogP contribution in [0.4, 0.5) is 5.69 Å². The minimum absolute atomic E-state index is 0.858. The predicted molar refractivity (Wildman–Crippen MR) is 90.8 cm³/mol. The van der Waals surface area contributed by atoms with Crippen molar-refractivity contribution in [3.05, 3.63) is 78.1 Å². The van der Waals surface area contributed by atoms with E-state index in [1.807, 2.05) is 54.9 Å². The summed E-state index contributed by atoms with van der Waals surface area (Å²) in [7, 11) is 1.67. The molecule has 1 aromatic heterocycles. The molecule has 0 aliphatic carbocycles. The normalized spacial score (nSPS) is 11.0. The third-order valence-corrected chi connectivity index (χ3v) is 3.45. The van der Waals surface area contributed by atoms with Gasteiger partial charge in [-0.15, -0.1) is 0 Å². The molecule has 110 valence electrons. The fraction of sp³-hybridized carbons (Fsp3) is 0.105. The van der Waals surface area contributed by atoms with Crippen LogP contribution in [0.15, 0.2) is 72.0 Å². The molecule has 0 radical (unpaired) electrons. The Morgan fingerprint density at radius 1 is 1.05 bits per heavy atom. The molecule has 0 aliphatic rings. The van der Waals surface area contributed by atoms with Crippen LogP contribution in [0, 0.1) is 6.92 Å². The molecule has 0 atom stereocenters. The molecule has 2 aromatic carbocycles. The Bertz CT molecular complexity index is 785. The second-order valence-corrected chi connectivity index (χ2v) is 5.15. The Morgan fingerprint density at radius 3 is 2.59 bits per heavy atom. The molecule has 0 bridgehead atoms. The predicted octanol–water partition coefficient (Wildman–Crippen LogP) is 4.54. The summed E-state index contributed by atoms with van der Waals surface area (Å²) in [5.41, 5.74) is 4.34. The van der Waals surface area contributed by atoms with Gasteiger partial charge in [0.25, 0.3) is 0 Å². The molecule has 0 spiro atoms. The summed E-state index contributed by atoms with van der Waals surface area (Å²) in [6.45, 7) is 2.07. The first kappa shape index (κ1) is 14.1. The monoisotopic (exact) mass is 290 g/mol. The van der Waals surface area contributed by atoms with Crippen molar-refractivity contribution in [1.29, 1.82) is 0 Å². The first-order chi connectivity index (χ1) is 10.7. The maximum Gasteiger partial charge on any atom is 0.119 e. The zero-order valence-electron chi connectivity index (χ0n) is 12.7. The number of rotatable bonds is 4. The molecule has 22 heavy (non-hydrogen) atoms. The Morgan fingerprint density at radius 2 is 1.86 bits per heavy atom. The number of hydrogen-bond donors (Lipinski definition) is 0. The average molecular weight is 290 g/mol. The number of hydrogen-bond acceptors (Lipinski definition) is 2. The smallest absolute Gasteiger partial charge is 0.119 e. The molecule has 3 aromatic rings. The molecule has 0 fully saturated rings. The van der Waals surface area contributed by atoms with Crippen LogP contribution < -0.4 is 4.74 Å². The van der Waals surface area contributed by atoms with Gasteiger partial charge < -0.3 is 9.30 Å². The summed E-state index contributed by atoms with van der Waals surface area (Å²) >= 11 is 0. The van der Waals surface area contributed by atoms with Crippen LogP contribution in [0.3, 0.4) is 0 Å². The van der Waals surface area contributed by atoms with E-state index in [1.54, 1.807) is 7.11 Å². The van der Waals surface area contributed by atoms with Crippen molar-refractivity contribution in [3.8, 4) is 11.4 Å². The van der Waals surface area contributed by atoms with Gasteiger partial charge in [0.15, 0.2) is 0 Å². The zero-order chi connectivity index (χ0) is 15.4. The zero-order valence-corrected chi connectivity index (χ0v) is 12.7. The molecule has 0 saturated heterocycles. The highest BCUT2D eigenvalue weighted by Crippen LogP contribution is 2.17. The summed E-state index contributed by atoms with van der Waals surface area (Å²) in [6, 6.07) is 18.2. The van der Waals surface area contributed by atoms with Gasteiger partial charge in [0, 0.05) is 29.9 Å². The maximum atomic E-state index is 5.18. The maximum absolute atomic E-state index is 5.18. The first-order valence-corrected chi connectivity index (χ1v) is 7.18. The van der Waals surface area contributed by atoms with Crippen molar-refractivity contribution in [2.45, 2.75) is 6.92 Å². The molecule has 3 rings (SSSR count). The molecule has 1 heterocycles. The summed E-state index contributed by atoms with van der Waals surface area (Å²) in [5, 5.41) is 0. The summed E-state index contributed by atoms with van der Waals surface area (Å²) in [6.07, 6.45) is 5.97. The van der Waals surface area contributed by atoms with Gasteiger partial charge in [0.1, 0.15) is 5.75 Å². The quantitative estimate of drug-likeness (QED) is 0.648. The van der Waals surface area contributed by atoms with Gasteiger partial charge in [-0.25, -0.2) is 0 Å². The van der Waals surface area contributed by atoms with Crippen molar-refractivity contribution in [3.63, 3.8) is 0 Å². The molecule has 0 aliphatic heterocycles. The molecule has 0 saturated carbocycles. The van der Waals surface area contributed by atoms with E-state index < -0.39 is 0 Å². The summed E-state index contributed by atoms with van der Waals surface area (Å²) in [4.78, 5) is 4.51. The van der Waals surface area contributed by atoms with E-state index >= 15 is 0 Å². The highest BCUT2D eigenvalue weighted by Gasteiger charge is 1.98. The number of aliphatic imine (C=N–C) groups is 1. The van der Waals surface area contributed by atoms with Crippen LogP contribution in [0.5, 0.6) is 5.75 Å². The second kappa shape index (κ2) is 6.31. The Labute approximate surface area is 130 Å². The van der Waals surface area contributed by atoms with Crippen LogP contribution >= 0.6 is 0 Å². The lowest BCUT2D eigenvalue weighted by atomic mass is 10.2. The van der Waals surface area contributed by atoms with E-state index in [2.05, 4.69) is 34.8 Å². The summed E-state index contributed by atoms with van der Waals surface area (Å²) < 4.78 is 7.24. The van der Waals surface area contributed by atoms with Crippen molar-refractivity contribution < 1.29 is 4.74 Å². The van der Waals surface area contributed by atoms with Crippen LogP contribution in [0.25, 0.3) is 5.69 Å². The minimum Gasteiger partial charge on any atom is -0.497 e. The van der Waals surface area contributed by atoms with Crippen molar-refractivity contribution in [2.24, 2.45) is 4.99 Å². The van der Waals surface area contributed by atoms with Gasteiger partial charge in [-0.2, -0.15) is 0 Å². The van der Waals surface area contributed by atoms with Gasteiger partial charge in [-0.3, -0.25) is 4.99 Å². The number of methoxy groups -OCH3 is 1. The van der Waals surface area contributed by atoms with E-state index in [0.29, 0.717) is 0 Å². The fourth-order valence-electron chi connectivity index (χ4n) is 2.26. The van der Waals surface area contributed by atoms with Gasteiger partial charge >= 0.3 is 0 Å². The number of nitrogens with zero attached hydrogens (tertiary/aromatic N) is 2. The lowest BCUT2D eigenvalue weighted by Gasteiger charge is -2.04. The van der Waals surface area contributed by atoms with Crippen molar-refractivity contribution in [1.82, 2.24) is 4.57 Å². The van der Waals surface area contributed by atoms with Crippen LogP contribution in [0.2, 0.25) is 0 Å². The Kier molecular flexibility index (Phi) is 4.05. The van der Waals surface area contributed by atoms with Crippen molar-refractivity contribution in [2.75, 3.05) is 7.11 Å². The number of aromatic nitrogens is 1. The lowest BCUT2D eigenvalue weighted by molar-refractivity contribution is 0.415. The van der Waals surface area contributed by atoms with Crippen molar-refractivity contribution >= 4 is 11.9 Å². The van der Waals surface area contributed by atoms with Gasteiger partial charge in [-0.1, -0.05) is 12.1 Å². The number of benzene rings is 2. The summed E-state index contributed by atoms with van der Waals surface area (Å²) in [5.74, 6) is 0.858. The fourth-order valence-corrected chi connectivity index (χ4v) is 2.26. The molecule has 0 amide bonds. The molecular formula is C19H18N2O. The largest absolute Gasteiger partial charge is 0.497 e. The van der Waals surface area contributed by atoms with Gasteiger partial charge in [-0.05, 0) is 55.0 Å². The minimum atomic E-state index is 0.858. The van der Waals surface area contributed by atoms with E-state index in [0.717, 1.165) is 22.7 Å². The molecule has 0 unspecified atom stereocenters.